The lowest BCUT2D eigenvalue weighted by Crippen LogP contribution is -2.52. The molecule has 1 aliphatic rings. The topological polar surface area (TPSA) is 96.2 Å². The minimum atomic E-state index is -0.624. The van der Waals surface area contributed by atoms with Crippen LogP contribution in [0.4, 0.5) is 0 Å². The van der Waals surface area contributed by atoms with Crippen LogP contribution >= 0.6 is 15.9 Å². The SMILES string of the molecule is CC1NNC(C(N)=O)C1NC(=O)/C=C/c1ccccc1Br. The number of hydrazine groups is 1. The maximum absolute atomic E-state index is 12.0. The molecule has 0 aromatic heterocycles. The van der Waals surface area contributed by atoms with E-state index in [0.29, 0.717) is 0 Å². The van der Waals surface area contributed by atoms with Crippen LogP contribution in [0.15, 0.2) is 34.8 Å². The van der Waals surface area contributed by atoms with E-state index < -0.39 is 11.9 Å². The van der Waals surface area contributed by atoms with Crippen molar-refractivity contribution < 1.29 is 9.59 Å². The second-order valence-corrected chi connectivity index (χ2v) is 5.70. The molecule has 7 heteroatoms. The molecule has 0 aliphatic carbocycles. The third kappa shape index (κ3) is 3.90. The Kier molecular flexibility index (Phi) is 5.11. The summed E-state index contributed by atoms with van der Waals surface area (Å²) in [6.45, 7) is 1.86. The second kappa shape index (κ2) is 6.84. The number of rotatable bonds is 4. The first kappa shape index (κ1) is 15.7. The predicted molar refractivity (Wildman–Crippen MR) is 83.8 cm³/mol. The molecular weight excluding hydrogens is 336 g/mol. The van der Waals surface area contributed by atoms with Crippen LogP contribution in [0.25, 0.3) is 6.08 Å². The van der Waals surface area contributed by atoms with Crippen molar-refractivity contribution in [2.24, 2.45) is 5.73 Å². The highest BCUT2D eigenvalue weighted by molar-refractivity contribution is 9.10. The summed E-state index contributed by atoms with van der Waals surface area (Å²) in [5.41, 5.74) is 11.9. The van der Waals surface area contributed by atoms with Crippen molar-refractivity contribution in [3.8, 4) is 0 Å². The number of amides is 2. The average Bonchev–Trinajstić information content (AvgIpc) is 2.79. The molecule has 21 heavy (non-hydrogen) atoms. The monoisotopic (exact) mass is 352 g/mol. The Morgan fingerprint density at radius 1 is 1.33 bits per heavy atom. The lowest BCUT2D eigenvalue weighted by atomic mass is 10.0. The maximum Gasteiger partial charge on any atom is 0.244 e. The Balaban J connectivity index is 2.01. The molecule has 1 aromatic rings. The van der Waals surface area contributed by atoms with Gasteiger partial charge in [0.15, 0.2) is 0 Å². The first-order chi connectivity index (χ1) is 9.99. The fraction of sp³-hybridized carbons (Fsp3) is 0.286. The highest BCUT2D eigenvalue weighted by Crippen LogP contribution is 2.17. The molecule has 112 valence electrons. The van der Waals surface area contributed by atoms with Crippen LogP contribution in [0.5, 0.6) is 0 Å². The molecule has 3 unspecified atom stereocenters. The van der Waals surface area contributed by atoms with Crippen LogP contribution in [0.3, 0.4) is 0 Å². The third-order valence-corrected chi connectivity index (χ3v) is 4.02. The first-order valence-electron chi connectivity index (χ1n) is 6.52. The van der Waals surface area contributed by atoms with Gasteiger partial charge < -0.3 is 11.1 Å². The van der Waals surface area contributed by atoms with Crippen LogP contribution in [0, 0.1) is 0 Å². The molecule has 2 amide bonds. The Morgan fingerprint density at radius 2 is 2.05 bits per heavy atom. The van der Waals surface area contributed by atoms with Gasteiger partial charge in [-0.25, -0.2) is 5.43 Å². The van der Waals surface area contributed by atoms with Gasteiger partial charge in [-0.1, -0.05) is 34.1 Å². The van der Waals surface area contributed by atoms with Crippen molar-refractivity contribution in [3.05, 3.63) is 40.4 Å². The number of nitrogens with two attached hydrogens (primary N) is 1. The van der Waals surface area contributed by atoms with Crippen molar-refractivity contribution in [1.29, 1.82) is 0 Å². The van der Waals surface area contributed by atoms with Gasteiger partial charge in [-0.05, 0) is 24.6 Å². The molecule has 6 nitrogen and oxygen atoms in total. The highest BCUT2D eigenvalue weighted by Gasteiger charge is 2.37. The summed E-state index contributed by atoms with van der Waals surface area (Å²) in [4.78, 5) is 23.3. The van der Waals surface area contributed by atoms with E-state index in [2.05, 4.69) is 32.1 Å². The zero-order chi connectivity index (χ0) is 15.4. The summed E-state index contributed by atoms with van der Waals surface area (Å²) < 4.78 is 0.904. The lowest BCUT2D eigenvalue weighted by molar-refractivity contribution is -0.121. The minimum absolute atomic E-state index is 0.0942. The molecule has 0 saturated carbocycles. The number of carbonyl (C=O) groups is 2. The van der Waals surface area contributed by atoms with Gasteiger partial charge >= 0.3 is 0 Å². The normalized spacial score (nSPS) is 25.1. The molecule has 0 bridgehead atoms. The number of halogens is 1. The fourth-order valence-corrected chi connectivity index (χ4v) is 2.55. The van der Waals surface area contributed by atoms with E-state index in [9.17, 15) is 9.59 Å². The van der Waals surface area contributed by atoms with Gasteiger partial charge in [0.1, 0.15) is 6.04 Å². The van der Waals surface area contributed by atoms with E-state index in [1.54, 1.807) is 6.08 Å². The zero-order valence-electron chi connectivity index (χ0n) is 11.5. The molecule has 1 aromatic carbocycles. The molecule has 5 N–H and O–H groups in total. The largest absolute Gasteiger partial charge is 0.368 e. The molecule has 2 rings (SSSR count). The Bertz CT molecular complexity index is 576. The van der Waals surface area contributed by atoms with Gasteiger partial charge in [-0.3, -0.25) is 15.0 Å². The number of hydrogen-bond acceptors (Lipinski definition) is 4. The zero-order valence-corrected chi connectivity index (χ0v) is 13.1. The summed E-state index contributed by atoms with van der Waals surface area (Å²) in [5, 5.41) is 2.78. The highest BCUT2D eigenvalue weighted by atomic mass is 79.9. The van der Waals surface area contributed by atoms with Gasteiger partial charge in [0.05, 0.1) is 6.04 Å². The van der Waals surface area contributed by atoms with Crippen molar-refractivity contribution in [2.75, 3.05) is 0 Å². The first-order valence-corrected chi connectivity index (χ1v) is 7.32. The molecular formula is C14H17BrN4O2. The lowest BCUT2D eigenvalue weighted by Gasteiger charge is -2.19. The standard InChI is InChI=1S/C14H17BrN4O2/c1-8-12(13(14(16)21)19-18-8)17-11(20)7-6-9-4-2-3-5-10(9)15/h2-8,12-13,18-19H,1H3,(H2,16,21)(H,17,20)/b7-6+. The minimum Gasteiger partial charge on any atom is -0.368 e. The van der Waals surface area contributed by atoms with Crippen LogP contribution in [0.1, 0.15) is 12.5 Å². The van der Waals surface area contributed by atoms with E-state index in [1.165, 1.54) is 6.08 Å². The van der Waals surface area contributed by atoms with Gasteiger partial charge in [-0.2, -0.15) is 0 Å². The summed E-state index contributed by atoms with van der Waals surface area (Å²) in [6.07, 6.45) is 3.14. The summed E-state index contributed by atoms with van der Waals surface area (Å²) in [7, 11) is 0. The van der Waals surface area contributed by atoms with Crippen LogP contribution in [-0.2, 0) is 9.59 Å². The smallest absolute Gasteiger partial charge is 0.244 e. The van der Waals surface area contributed by atoms with E-state index in [1.807, 2.05) is 31.2 Å². The van der Waals surface area contributed by atoms with Crippen LogP contribution in [0.2, 0.25) is 0 Å². The fourth-order valence-electron chi connectivity index (χ4n) is 2.13. The number of nitrogens with one attached hydrogen (secondary N) is 3. The second-order valence-electron chi connectivity index (χ2n) is 4.85. The van der Waals surface area contributed by atoms with E-state index in [0.717, 1.165) is 10.0 Å². The van der Waals surface area contributed by atoms with Crippen molar-refractivity contribution >= 4 is 33.8 Å². The number of carbonyl (C=O) groups excluding carboxylic acids is 2. The quantitative estimate of drug-likeness (QED) is 0.586. The summed E-state index contributed by atoms with van der Waals surface area (Å²) >= 11 is 3.41. The van der Waals surface area contributed by atoms with Gasteiger partial charge in [0, 0.05) is 16.6 Å². The Morgan fingerprint density at radius 3 is 2.71 bits per heavy atom. The molecule has 1 aliphatic heterocycles. The van der Waals surface area contributed by atoms with E-state index in [-0.39, 0.29) is 18.0 Å². The average molecular weight is 353 g/mol. The molecule has 1 heterocycles. The maximum atomic E-state index is 12.0. The number of benzene rings is 1. The van der Waals surface area contributed by atoms with Crippen LogP contribution in [-0.4, -0.2) is 29.9 Å². The molecule has 0 radical (unpaired) electrons. The number of hydrogen-bond donors (Lipinski definition) is 4. The number of primary amides is 1. The van der Waals surface area contributed by atoms with Crippen LogP contribution < -0.4 is 21.9 Å². The summed E-state index contributed by atoms with van der Waals surface area (Å²) in [5.74, 6) is -0.786. The predicted octanol–water partition coefficient (Wildman–Crippen LogP) is 0.297. The van der Waals surface area contributed by atoms with E-state index >= 15 is 0 Å². The Labute approximate surface area is 131 Å². The van der Waals surface area contributed by atoms with Crippen molar-refractivity contribution in [3.63, 3.8) is 0 Å². The van der Waals surface area contributed by atoms with E-state index in [4.69, 9.17) is 5.73 Å². The third-order valence-electron chi connectivity index (χ3n) is 3.30. The van der Waals surface area contributed by atoms with Crippen molar-refractivity contribution in [2.45, 2.75) is 25.0 Å². The molecule has 1 saturated heterocycles. The van der Waals surface area contributed by atoms with Gasteiger partial charge in [-0.15, -0.1) is 0 Å². The summed E-state index contributed by atoms with van der Waals surface area (Å²) in [6, 6.07) is 6.46. The molecule has 3 atom stereocenters. The Hall–Kier alpha value is -1.70. The van der Waals surface area contributed by atoms with Gasteiger partial charge in [0.25, 0.3) is 0 Å². The van der Waals surface area contributed by atoms with Crippen molar-refractivity contribution in [1.82, 2.24) is 16.2 Å². The molecule has 0 spiro atoms. The molecule has 1 fully saturated rings. The van der Waals surface area contributed by atoms with Gasteiger partial charge in [0.2, 0.25) is 11.8 Å².